The van der Waals surface area contributed by atoms with Gasteiger partial charge in [-0.05, 0) is 43.0 Å². The van der Waals surface area contributed by atoms with Crippen LogP contribution in [0.2, 0.25) is 0 Å². The van der Waals surface area contributed by atoms with E-state index in [1.165, 1.54) is 11.1 Å². The summed E-state index contributed by atoms with van der Waals surface area (Å²) >= 11 is 0. The number of nitrogens with two attached hydrogens (primary N) is 1. The van der Waals surface area contributed by atoms with Crippen LogP contribution in [-0.4, -0.2) is 44.2 Å². The molecule has 0 saturated heterocycles. The number of carbonyl (C=O) groups excluding carboxylic acids is 1. The van der Waals surface area contributed by atoms with Crippen molar-refractivity contribution < 1.29 is 14.3 Å². The number of halogens is 1. The van der Waals surface area contributed by atoms with Gasteiger partial charge in [0.05, 0.1) is 14.2 Å². The summed E-state index contributed by atoms with van der Waals surface area (Å²) in [5.41, 5.74) is 8.17. The predicted molar refractivity (Wildman–Crippen MR) is 89.0 cm³/mol. The van der Waals surface area contributed by atoms with Crippen molar-refractivity contribution in [1.82, 2.24) is 4.90 Å². The second-order valence-corrected chi connectivity index (χ2v) is 5.54. The minimum absolute atomic E-state index is 0. The zero-order valence-corrected chi connectivity index (χ0v) is 14.2. The van der Waals surface area contributed by atoms with Gasteiger partial charge in [0, 0.05) is 25.6 Å². The lowest BCUT2D eigenvalue weighted by molar-refractivity contribution is -0.131. The van der Waals surface area contributed by atoms with E-state index < -0.39 is 0 Å². The van der Waals surface area contributed by atoms with E-state index in [0.717, 1.165) is 37.4 Å². The lowest BCUT2D eigenvalue weighted by Gasteiger charge is -2.21. The third-order valence-corrected chi connectivity index (χ3v) is 3.86. The topological polar surface area (TPSA) is 64.8 Å². The Morgan fingerprint density at radius 3 is 2.00 bits per heavy atom. The average Bonchev–Trinajstić information content (AvgIpc) is 2.66. The van der Waals surface area contributed by atoms with Crippen molar-refractivity contribution in [3.63, 3.8) is 0 Å². The molecule has 0 spiro atoms. The molecule has 0 radical (unpaired) electrons. The second-order valence-electron chi connectivity index (χ2n) is 5.54. The molecule has 124 valence electrons. The fourth-order valence-electron chi connectivity index (χ4n) is 2.71. The monoisotopic (exact) mass is 328 g/mol. The van der Waals surface area contributed by atoms with Crippen LogP contribution in [0.5, 0.6) is 11.5 Å². The van der Waals surface area contributed by atoms with Gasteiger partial charge >= 0.3 is 0 Å². The minimum Gasteiger partial charge on any atom is -0.493 e. The summed E-state index contributed by atoms with van der Waals surface area (Å²) in [4.78, 5) is 14.1. The Hall–Kier alpha value is -1.46. The number of fused-ring (bicyclic) bond motifs is 1. The molecule has 1 atom stereocenters. The molecular formula is C16H25ClN2O3. The zero-order valence-electron chi connectivity index (χ0n) is 13.4. The van der Waals surface area contributed by atoms with Crippen molar-refractivity contribution in [3.8, 4) is 11.5 Å². The molecule has 0 bridgehead atoms. The summed E-state index contributed by atoms with van der Waals surface area (Å²) in [6, 6.07) is 3.95. The number of rotatable bonds is 4. The minimum atomic E-state index is -0.0942. The van der Waals surface area contributed by atoms with Crippen LogP contribution in [0.1, 0.15) is 24.5 Å². The van der Waals surface area contributed by atoms with Crippen LogP contribution in [-0.2, 0) is 17.6 Å². The maximum Gasteiger partial charge on any atom is 0.224 e. The van der Waals surface area contributed by atoms with E-state index >= 15 is 0 Å². The zero-order chi connectivity index (χ0) is 15.4. The van der Waals surface area contributed by atoms with E-state index in [1.54, 1.807) is 14.2 Å². The number of benzene rings is 1. The molecule has 1 amide bonds. The number of carbonyl (C=O) groups is 1. The summed E-state index contributed by atoms with van der Waals surface area (Å²) in [5.74, 6) is 1.62. The molecule has 1 aromatic carbocycles. The van der Waals surface area contributed by atoms with E-state index in [-0.39, 0.29) is 24.4 Å². The van der Waals surface area contributed by atoms with E-state index in [9.17, 15) is 4.79 Å². The highest BCUT2D eigenvalue weighted by Gasteiger charge is 2.21. The van der Waals surface area contributed by atoms with E-state index in [1.807, 2.05) is 24.0 Å². The Labute approximate surface area is 138 Å². The Morgan fingerprint density at radius 2 is 1.64 bits per heavy atom. The number of hydrogen-bond donors (Lipinski definition) is 1. The first-order valence-electron chi connectivity index (χ1n) is 7.32. The second kappa shape index (κ2) is 8.25. The molecule has 2 rings (SSSR count). The molecule has 0 saturated carbocycles. The summed E-state index contributed by atoms with van der Waals surface area (Å²) in [6.45, 7) is 3.32. The van der Waals surface area contributed by atoms with Gasteiger partial charge in [-0.25, -0.2) is 0 Å². The van der Waals surface area contributed by atoms with Gasteiger partial charge in [0.25, 0.3) is 0 Å². The Balaban J connectivity index is 0.00000242. The Bertz CT molecular complexity index is 485. The van der Waals surface area contributed by atoms with Gasteiger partial charge in [-0.3, -0.25) is 4.79 Å². The SMILES string of the molecule is COc1cc2c(cc1OC)CCN(C(=O)CC(C)N)CC2.Cl. The number of ether oxygens (including phenoxy) is 2. The Morgan fingerprint density at radius 1 is 1.18 bits per heavy atom. The summed E-state index contributed by atoms with van der Waals surface area (Å²) in [7, 11) is 3.28. The largest absolute Gasteiger partial charge is 0.493 e. The van der Waals surface area contributed by atoms with E-state index in [2.05, 4.69) is 0 Å². The molecule has 5 nitrogen and oxygen atoms in total. The third-order valence-electron chi connectivity index (χ3n) is 3.86. The van der Waals surface area contributed by atoms with Crippen molar-refractivity contribution in [1.29, 1.82) is 0 Å². The first kappa shape index (κ1) is 18.6. The van der Waals surface area contributed by atoms with Crippen molar-refractivity contribution in [2.75, 3.05) is 27.3 Å². The fourth-order valence-corrected chi connectivity index (χ4v) is 2.71. The lowest BCUT2D eigenvalue weighted by atomic mass is 10.0. The van der Waals surface area contributed by atoms with Gasteiger partial charge in [-0.15, -0.1) is 12.4 Å². The van der Waals surface area contributed by atoms with Gasteiger partial charge in [0.15, 0.2) is 11.5 Å². The third kappa shape index (κ3) is 4.27. The first-order valence-corrected chi connectivity index (χ1v) is 7.32. The highest BCUT2D eigenvalue weighted by Crippen LogP contribution is 2.32. The van der Waals surface area contributed by atoms with Crippen LogP contribution in [0.3, 0.4) is 0 Å². The predicted octanol–water partition coefficient (Wildman–Crippen LogP) is 1.79. The maximum atomic E-state index is 12.2. The molecule has 1 unspecified atom stereocenters. The van der Waals surface area contributed by atoms with Crippen LogP contribution < -0.4 is 15.2 Å². The summed E-state index contributed by atoms with van der Waals surface area (Å²) in [5, 5.41) is 0. The summed E-state index contributed by atoms with van der Waals surface area (Å²) < 4.78 is 10.7. The molecule has 0 aromatic heterocycles. The lowest BCUT2D eigenvalue weighted by Crippen LogP contribution is -2.36. The standard InChI is InChI=1S/C16H24N2O3.ClH/c1-11(17)8-16(19)18-6-4-12-9-14(20-2)15(21-3)10-13(12)5-7-18;/h9-11H,4-8,17H2,1-3H3;1H. The quantitative estimate of drug-likeness (QED) is 0.915. The van der Waals surface area contributed by atoms with Crippen LogP contribution in [0.25, 0.3) is 0 Å². The van der Waals surface area contributed by atoms with Crippen molar-refractivity contribution in [2.24, 2.45) is 5.73 Å². The first-order chi connectivity index (χ1) is 10.0. The smallest absolute Gasteiger partial charge is 0.224 e. The Kier molecular flexibility index (Phi) is 6.97. The number of methoxy groups -OCH3 is 2. The number of hydrogen-bond acceptors (Lipinski definition) is 4. The molecule has 1 aromatic rings. The van der Waals surface area contributed by atoms with Crippen LogP contribution in [0, 0.1) is 0 Å². The number of nitrogens with zero attached hydrogens (tertiary/aromatic N) is 1. The molecule has 6 heteroatoms. The fraction of sp³-hybridized carbons (Fsp3) is 0.562. The van der Waals surface area contributed by atoms with Crippen molar-refractivity contribution >= 4 is 18.3 Å². The van der Waals surface area contributed by atoms with Gasteiger partial charge in [0.1, 0.15) is 0 Å². The van der Waals surface area contributed by atoms with Crippen LogP contribution >= 0.6 is 12.4 Å². The molecular weight excluding hydrogens is 304 g/mol. The molecule has 1 aliphatic rings. The van der Waals surface area contributed by atoms with E-state index in [0.29, 0.717) is 6.42 Å². The molecule has 2 N–H and O–H groups in total. The molecule has 1 aliphatic heterocycles. The van der Waals surface area contributed by atoms with Gasteiger partial charge in [-0.2, -0.15) is 0 Å². The van der Waals surface area contributed by atoms with Crippen molar-refractivity contribution in [3.05, 3.63) is 23.3 Å². The molecule has 0 aliphatic carbocycles. The molecule has 22 heavy (non-hydrogen) atoms. The molecule has 0 fully saturated rings. The van der Waals surface area contributed by atoms with Gasteiger partial charge in [0.2, 0.25) is 5.91 Å². The van der Waals surface area contributed by atoms with Crippen molar-refractivity contribution in [2.45, 2.75) is 32.2 Å². The number of amides is 1. The highest BCUT2D eigenvalue weighted by atomic mass is 35.5. The van der Waals surface area contributed by atoms with Gasteiger partial charge in [-0.1, -0.05) is 0 Å². The highest BCUT2D eigenvalue weighted by molar-refractivity contribution is 5.85. The molecule has 1 heterocycles. The van der Waals surface area contributed by atoms with E-state index in [4.69, 9.17) is 15.2 Å². The maximum absolute atomic E-state index is 12.2. The van der Waals surface area contributed by atoms with Crippen LogP contribution in [0.4, 0.5) is 0 Å². The van der Waals surface area contributed by atoms with Crippen LogP contribution in [0.15, 0.2) is 12.1 Å². The average molecular weight is 329 g/mol. The summed E-state index contributed by atoms with van der Waals surface area (Å²) in [6.07, 6.45) is 2.07. The normalized spacial score (nSPS) is 15.2. The van der Waals surface area contributed by atoms with Gasteiger partial charge < -0.3 is 20.1 Å².